The number of rotatable bonds is 5. The van der Waals surface area contributed by atoms with Gasteiger partial charge in [-0.05, 0) is 55.6 Å². The van der Waals surface area contributed by atoms with Crippen molar-refractivity contribution >= 4 is 53.2 Å². The third-order valence-electron chi connectivity index (χ3n) is 2.87. The van der Waals surface area contributed by atoms with Crippen molar-refractivity contribution in [1.82, 2.24) is 4.31 Å². The summed E-state index contributed by atoms with van der Waals surface area (Å²) in [5.74, 6) is 0. The predicted molar refractivity (Wildman–Crippen MR) is 90.7 cm³/mol. The summed E-state index contributed by atoms with van der Waals surface area (Å²) in [6.07, 6.45) is 0. The Hall–Kier alpha value is -0.250. The van der Waals surface area contributed by atoms with Crippen molar-refractivity contribution in [3.8, 4) is 0 Å². The van der Waals surface area contributed by atoms with Crippen molar-refractivity contribution in [2.45, 2.75) is 18.0 Å². The van der Waals surface area contributed by atoms with Crippen LogP contribution in [0.3, 0.4) is 0 Å². The van der Waals surface area contributed by atoms with Crippen molar-refractivity contribution < 1.29 is 13.5 Å². The maximum atomic E-state index is 12.6. The first-order valence-electron chi connectivity index (χ1n) is 5.93. The van der Waals surface area contributed by atoms with E-state index >= 15 is 0 Å². The first-order chi connectivity index (χ1) is 9.84. The van der Waals surface area contributed by atoms with E-state index in [1.54, 1.807) is 19.2 Å². The Morgan fingerprint density at radius 2 is 2.00 bits per heavy atom. The van der Waals surface area contributed by atoms with Crippen molar-refractivity contribution in [3.63, 3.8) is 0 Å². The van der Waals surface area contributed by atoms with Gasteiger partial charge in [0.05, 0.1) is 11.5 Å². The number of nitrogens with zero attached hydrogens (tertiary/aromatic N) is 1. The Morgan fingerprint density at radius 1 is 1.29 bits per heavy atom. The Kier molecular flexibility index (Phi) is 5.61. The standard InChI is InChI=1S/C13H13Br2NO3S2/c1-16(6-11-5-10(14)8-20-11)21(18,19)13-3-2-9(7-17)4-12(13)15/h2-5,8,17H,6-7H2,1H3. The zero-order valence-corrected chi connectivity index (χ0v) is 15.9. The smallest absolute Gasteiger partial charge is 0.244 e. The lowest BCUT2D eigenvalue weighted by Gasteiger charge is -2.17. The van der Waals surface area contributed by atoms with Crippen molar-refractivity contribution in [2.24, 2.45) is 0 Å². The second kappa shape index (κ2) is 6.89. The van der Waals surface area contributed by atoms with Gasteiger partial charge in [-0.15, -0.1) is 11.3 Å². The van der Waals surface area contributed by atoms with Crippen LogP contribution in [0.2, 0.25) is 0 Å². The average Bonchev–Trinajstić information content (AvgIpc) is 2.83. The molecule has 0 spiro atoms. The number of hydrogen-bond acceptors (Lipinski definition) is 4. The molecule has 0 aliphatic heterocycles. The number of halogens is 2. The van der Waals surface area contributed by atoms with E-state index in [1.165, 1.54) is 21.7 Å². The molecule has 0 fully saturated rings. The van der Waals surface area contributed by atoms with Gasteiger partial charge in [0.2, 0.25) is 10.0 Å². The first-order valence-corrected chi connectivity index (χ1v) is 9.83. The zero-order chi connectivity index (χ0) is 15.6. The van der Waals surface area contributed by atoms with Crippen LogP contribution < -0.4 is 0 Å². The molecule has 4 nitrogen and oxygen atoms in total. The molecule has 1 aromatic carbocycles. The normalized spacial score (nSPS) is 12.0. The van der Waals surface area contributed by atoms with Crippen LogP contribution in [0.25, 0.3) is 0 Å². The molecule has 0 unspecified atom stereocenters. The van der Waals surface area contributed by atoms with Gasteiger partial charge in [-0.25, -0.2) is 8.42 Å². The minimum Gasteiger partial charge on any atom is -0.392 e. The van der Waals surface area contributed by atoms with E-state index in [1.807, 2.05) is 11.4 Å². The van der Waals surface area contributed by atoms with Crippen LogP contribution in [-0.2, 0) is 23.2 Å². The molecular weight excluding hydrogens is 442 g/mol. The van der Waals surface area contributed by atoms with Gasteiger partial charge in [0, 0.05) is 32.8 Å². The summed E-state index contributed by atoms with van der Waals surface area (Å²) < 4.78 is 27.9. The van der Waals surface area contributed by atoms with Gasteiger partial charge in [0.1, 0.15) is 0 Å². The van der Waals surface area contributed by atoms with E-state index in [-0.39, 0.29) is 11.5 Å². The molecule has 0 radical (unpaired) electrons. The molecule has 0 saturated carbocycles. The molecule has 1 heterocycles. The fraction of sp³-hybridized carbons (Fsp3) is 0.231. The van der Waals surface area contributed by atoms with Crippen LogP contribution in [0.5, 0.6) is 0 Å². The van der Waals surface area contributed by atoms with Gasteiger partial charge in [0.15, 0.2) is 0 Å². The third-order valence-corrected chi connectivity index (χ3v) is 7.33. The first kappa shape index (κ1) is 17.1. The van der Waals surface area contributed by atoms with Crippen LogP contribution in [-0.4, -0.2) is 24.9 Å². The van der Waals surface area contributed by atoms with Gasteiger partial charge >= 0.3 is 0 Å². The highest BCUT2D eigenvalue weighted by molar-refractivity contribution is 9.10. The van der Waals surface area contributed by atoms with Crippen LogP contribution in [0.15, 0.2) is 43.5 Å². The maximum Gasteiger partial charge on any atom is 0.244 e. The lowest BCUT2D eigenvalue weighted by molar-refractivity contribution is 0.281. The topological polar surface area (TPSA) is 57.6 Å². The minimum atomic E-state index is -3.59. The zero-order valence-electron chi connectivity index (χ0n) is 11.1. The van der Waals surface area contributed by atoms with Crippen LogP contribution in [0, 0.1) is 0 Å². The monoisotopic (exact) mass is 453 g/mol. The van der Waals surface area contributed by atoms with Crippen molar-refractivity contribution in [3.05, 3.63) is 49.0 Å². The van der Waals surface area contributed by atoms with Gasteiger partial charge in [-0.1, -0.05) is 6.07 Å². The Bertz CT molecular complexity index is 744. The Morgan fingerprint density at radius 3 is 2.52 bits per heavy atom. The fourth-order valence-corrected chi connectivity index (χ4v) is 5.58. The number of benzene rings is 1. The molecule has 0 aliphatic carbocycles. The number of aliphatic hydroxyl groups excluding tert-OH is 1. The molecule has 0 atom stereocenters. The molecule has 21 heavy (non-hydrogen) atoms. The number of thiophene rings is 1. The van der Waals surface area contributed by atoms with Crippen molar-refractivity contribution in [2.75, 3.05) is 7.05 Å². The van der Waals surface area contributed by atoms with E-state index in [0.717, 1.165) is 9.35 Å². The molecule has 2 aromatic rings. The highest BCUT2D eigenvalue weighted by Crippen LogP contribution is 2.28. The summed E-state index contributed by atoms with van der Waals surface area (Å²) in [7, 11) is -2.04. The highest BCUT2D eigenvalue weighted by atomic mass is 79.9. The summed E-state index contributed by atoms with van der Waals surface area (Å²) in [5.41, 5.74) is 0.658. The second-order valence-electron chi connectivity index (χ2n) is 4.42. The molecule has 0 saturated heterocycles. The molecule has 0 amide bonds. The van der Waals surface area contributed by atoms with Crippen LogP contribution >= 0.6 is 43.2 Å². The lowest BCUT2D eigenvalue weighted by atomic mass is 10.2. The van der Waals surface area contributed by atoms with Crippen LogP contribution in [0.1, 0.15) is 10.4 Å². The number of aliphatic hydroxyl groups is 1. The predicted octanol–water partition coefficient (Wildman–Crippen LogP) is 3.59. The molecule has 2 rings (SSSR count). The summed E-state index contributed by atoms with van der Waals surface area (Å²) in [4.78, 5) is 1.15. The lowest BCUT2D eigenvalue weighted by Crippen LogP contribution is -2.26. The molecule has 0 aliphatic rings. The minimum absolute atomic E-state index is 0.127. The average molecular weight is 455 g/mol. The number of hydrogen-bond donors (Lipinski definition) is 1. The second-order valence-corrected chi connectivity index (χ2v) is 9.19. The van der Waals surface area contributed by atoms with Crippen molar-refractivity contribution in [1.29, 1.82) is 0 Å². The van der Waals surface area contributed by atoms with Gasteiger partial charge in [-0.2, -0.15) is 4.31 Å². The SMILES string of the molecule is CN(Cc1cc(Br)cs1)S(=O)(=O)c1ccc(CO)cc1Br. The van der Waals surface area contributed by atoms with E-state index < -0.39 is 10.0 Å². The van der Waals surface area contributed by atoms with Crippen LogP contribution in [0.4, 0.5) is 0 Å². The summed E-state index contributed by atoms with van der Waals surface area (Å²) >= 11 is 8.12. The summed E-state index contributed by atoms with van der Waals surface area (Å²) in [5, 5.41) is 11.0. The molecule has 1 N–H and O–H groups in total. The largest absolute Gasteiger partial charge is 0.392 e. The fourth-order valence-electron chi connectivity index (χ4n) is 1.76. The molecule has 8 heteroatoms. The Balaban J connectivity index is 2.28. The van der Waals surface area contributed by atoms with Gasteiger partial charge < -0.3 is 5.11 Å². The van der Waals surface area contributed by atoms with E-state index in [2.05, 4.69) is 31.9 Å². The van der Waals surface area contributed by atoms with Gasteiger partial charge in [-0.3, -0.25) is 0 Å². The van der Waals surface area contributed by atoms with E-state index in [4.69, 9.17) is 5.11 Å². The summed E-state index contributed by atoms with van der Waals surface area (Å²) in [6.45, 7) is 0.185. The quantitative estimate of drug-likeness (QED) is 0.750. The van der Waals surface area contributed by atoms with Gasteiger partial charge in [0.25, 0.3) is 0 Å². The number of sulfonamides is 1. The third kappa shape index (κ3) is 3.94. The Labute approximate surface area is 144 Å². The molecule has 0 bridgehead atoms. The molecule has 1 aromatic heterocycles. The van der Waals surface area contributed by atoms with E-state index in [9.17, 15) is 8.42 Å². The molecular formula is C13H13Br2NO3S2. The van der Waals surface area contributed by atoms with E-state index in [0.29, 0.717) is 16.6 Å². The maximum absolute atomic E-state index is 12.6. The molecule has 114 valence electrons. The summed E-state index contributed by atoms with van der Waals surface area (Å²) in [6, 6.07) is 6.63. The highest BCUT2D eigenvalue weighted by Gasteiger charge is 2.24.